The summed E-state index contributed by atoms with van der Waals surface area (Å²) in [4.78, 5) is 6.90. The minimum atomic E-state index is 0.290. The maximum absolute atomic E-state index is 5.42. The molecule has 1 unspecified atom stereocenters. The Morgan fingerprint density at radius 1 is 1.26 bits per heavy atom. The maximum atomic E-state index is 5.42. The van der Waals surface area contributed by atoms with Crippen LogP contribution in [0.3, 0.4) is 0 Å². The molecule has 0 bridgehead atoms. The zero-order chi connectivity index (χ0) is 19.1. The van der Waals surface area contributed by atoms with Gasteiger partial charge < -0.3 is 15.4 Å². The van der Waals surface area contributed by atoms with E-state index in [0.29, 0.717) is 6.54 Å². The Balaban J connectivity index is 1.65. The summed E-state index contributed by atoms with van der Waals surface area (Å²) in [7, 11) is 5.46. The first kappa shape index (κ1) is 19.2. The average molecular weight is 371 g/mol. The molecule has 1 atom stereocenters. The Kier molecular flexibility index (Phi) is 6.70. The van der Waals surface area contributed by atoms with Gasteiger partial charge in [-0.25, -0.2) is 0 Å². The van der Waals surface area contributed by atoms with Crippen molar-refractivity contribution in [1.29, 1.82) is 0 Å². The molecule has 146 valence electrons. The van der Waals surface area contributed by atoms with E-state index in [0.717, 1.165) is 37.0 Å². The number of hydrogen-bond donors (Lipinski definition) is 2. The van der Waals surface area contributed by atoms with Crippen molar-refractivity contribution >= 4 is 5.96 Å². The fraction of sp³-hybridized carbons (Fsp3) is 0.500. The number of aryl methyl sites for hydroxylation is 1. The summed E-state index contributed by atoms with van der Waals surface area (Å²) in [5.74, 6) is 1.69. The average Bonchev–Trinajstić information content (AvgIpc) is 3.37. The van der Waals surface area contributed by atoms with E-state index in [1.807, 2.05) is 23.9 Å². The van der Waals surface area contributed by atoms with Crippen molar-refractivity contribution in [3.05, 3.63) is 47.8 Å². The molecule has 1 aromatic heterocycles. The SMILES string of the molecule is CN=C(NCc1ccnn1C)NCC(c1cccc(OC)c1)N1CCCC1. The van der Waals surface area contributed by atoms with Gasteiger partial charge in [0.1, 0.15) is 5.75 Å². The number of guanidine groups is 1. The van der Waals surface area contributed by atoms with Crippen molar-refractivity contribution in [2.75, 3.05) is 33.8 Å². The molecule has 7 nitrogen and oxygen atoms in total. The molecule has 2 N–H and O–H groups in total. The topological polar surface area (TPSA) is 66.7 Å². The highest BCUT2D eigenvalue weighted by Crippen LogP contribution is 2.27. The van der Waals surface area contributed by atoms with E-state index >= 15 is 0 Å². The molecule has 1 fully saturated rings. The molecular weight excluding hydrogens is 340 g/mol. The van der Waals surface area contributed by atoms with E-state index in [4.69, 9.17) is 4.74 Å². The van der Waals surface area contributed by atoms with Crippen LogP contribution in [0.15, 0.2) is 41.5 Å². The quantitative estimate of drug-likeness (QED) is 0.576. The molecule has 0 saturated carbocycles. The fourth-order valence-electron chi connectivity index (χ4n) is 3.52. The van der Waals surface area contributed by atoms with Crippen LogP contribution >= 0.6 is 0 Å². The van der Waals surface area contributed by atoms with E-state index in [9.17, 15) is 0 Å². The van der Waals surface area contributed by atoms with E-state index in [1.54, 1.807) is 20.4 Å². The molecule has 1 aliphatic rings. The summed E-state index contributed by atoms with van der Waals surface area (Å²) in [6.07, 6.45) is 4.32. The van der Waals surface area contributed by atoms with Crippen molar-refractivity contribution in [1.82, 2.24) is 25.3 Å². The predicted octanol–water partition coefficient (Wildman–Crippen LogP) is 1.93. The summed E-state index contributed by atoms with van der Waals surface area (Å²) in [5, 5.41) is 11.1. The predicted molar refractivity (Wildman–Crippen MR) is 108 cm³/mol. The number of methoxy groups -OCH3 is 1. The van der Waals surface area contributed by atoms with Crippen LogP contribution < -0.4 is 15.4 Å². The van der Waals surface area contributed by atoms with E-state index < -0.39 is 0 Å². The van der Waals surface area contributed by atoms with Gasteiger partial charge in [0, 0.05) is 26.8 Å². The number of benzene rings is 1. The number of likely N-dealkylation sites (tertiary alicyclic amines) is 1. The number of nitrogens with one attached hydrogen (secondary N) is 2. The van der Waals surface area contributed by atoms with Gasteiger partial charge in [-0.3, -0.25) is 14.6 Å². The van der Waals surface area contributed by atoms with Crippen molar-refractivity contribution in [2.45, 2.75) is 25.4 Å². The third kappa shape index (κ3) is 5.01. The summed E-state index contributed by atoms with van der Waals surface area (Å²) < 4.78 is 7.29. The first-order chi connectivity index (χ1) is 13.2. The lowest BCUT2D eigenvalue weighted by Crippen LogP contribution is -2.42. The van der Waals surface area contributed by atoms with Gasteiger partial charge in [-0.2, -0.15) is 5.10 Å². The van der Waals surface area contributed by atoms with Crippen LogP contribution in [0, 0.1) is 0 Å². The number of nitrogens with zero attached hydrogens (tertiary/aromatic N) is 4. The molecule has 0 spiro atoms. The largest absolute Gasteiger partial charge is 0.497 e. The monoisotopic (exact) mass is 370 g/mol. The van der Waals surface area contributed by atoms with Crippen LogP contribution in [-0.4, -0.2) is 54.4 Å². The van der Waals surface area contributed by atoms with Crippen molar-refractivity contribution in [2.24, 2.45) is 12.0 Å². The lowest BCUT2D eigenvalue weighted by Gasteiger charge is -2.29. The highest BCUT2D eigenvalue weighted by atomic mass is 16.5. The van der Waals surface area contributed by atoms with Gasteiger partial charge in [-0.15, -0.1) is 0 Å². The van der Waals surface area contributed by atoms with Gasteiger partial charge in [-0.1, -0.05) is 12.1 Å². The minimum absolute atomic E-state index is 0.290. The molecule has 0 amide bonds. The zero-order valence-corrected chi connectivity index (χ0v) is 16.5. The molecule has 1 aromatic carbocycles. The van der Waals surface area contributed by atoms with Crippen LogP contribution in [0.4, 0.5) is 0 Å². The third-order valence-corrected chi connectivity index (χ3v) is 5.11. The van der Waals surface area contributed by atoms with Crippen molar-refractivity contribution in [3.8, 4) is 5.75 Å². The number of aliphatic imine (C=N–C) groups is 1. The second kappa shape index (κ2) is 9.41. The van der Waals surface area contributed by atoms with Gasteiger partial charge >= 0.3 is 0 Å². The van der Waals surface area contributed by atoms with Crippen LogP contribution in [0.25, 0.3) is 0 Å². The second-order valence-corrected chi connectivity index (χ2v) is 6.79. The zero-order valence-electron chi connectivity index (χ0n) is 16.5. The molecule has 27 heavy (non-hydrogen) atoms. The standard InChI is InChI=1S/C20H30N6O/c1-21-20(22-14-17-9-10-24-25(17)2)23-15-19(26-11-4-5-12-26)16-7-6-8-18(13-16)27-3/h6-10,13,19H,4-5,11-12,14-15H2,1-3H3,(H2,21,22,23). The Labute approximate surface area is 161 Å². The molecule has 0 radical (unpaired) electrons. The third-order valence-electron chi connectivity index (χ3n) is 5.11. The Morgan fingerprint density at radius 3 is 2.74 bits per heavy atom. The van der Waals surface area contributed by atoms with Crippen molar-refractivity contribution in [3.63, 3.8) is 0 Å². The number of ether oxygens (including phenoxy) is 1. The molecule has 7 heteroatoms. The molecule has 0 aliphatic carbocycles. The smallest absolute Gasteiger partial charge is 0.191 e. The second-order valence-electron chi connectivity index (χ2n) is 6.79. The summed E-state index contributed by atoms with van der Waals surface area (Å²) in [6.45, 7) is 3.73. The Hall–Kier alpha value is -2.54. The van der Waals surface area contributed by atoms with Gasteiger partial charge in [0.15, 0.2) is 5.96 Å². The molecule has 1 saturated heterocycles. The van der Waals surface area contributed by atoms with Gasteiger partial charge in [-0.05, 0) is 49.7 Å². The van der Waals surface area contributed by atoms with Crippen LogP contribution in [0.5, 0.6) is 5.75 Å². The number of aromatic nitrogens is 2. The minimum Gasteiger partial charge on any atom is -0.497 e. The summed E-state index contributed by atoms with van der Waals surface area (Å²) >= 11 is 0. The first-order valence-corrected chi connectivity index (χ1v) is 9.50. The highest BCUT2D eigenvalue weighted by molar-refractivity contribution is 5.79. The van der Waals surface area contributed by atoms with E-state index in [-0.39, 0.29) is 6.04 Å². The van der Waals surface area contributed by atoms with Gasteiger partial charge in [0.2, 0.25) is 0 Å². The lowest BCUT2D eigenvalue weighted by molar-refractivity contribution is 0.245. The molecule has 3 rings (SSSR count). The summed E-state index contributed by atoms with van der Waals surface area (Å²) in [5.41, 5.74) is 2.38. The molecule has 2 heterocycles. The van der Waals surface area contributed by atoms with Crippen LogP contribution in [-0.2, 0) is 13.6 Å². The van der Waals surface area contributed by atoms with Gasteiger partial charge in [0.05, 0.1) is 25.4 Å². The van der Waals surface area contributed by atoms with E-state index in [1.165, 1.54) is 18.4 Å². The molecular formula is C20H30N6O. The normalized spacial score (nSPS) is 16.3. The maximum Gasteiger partial charge on any atom is 0.191 e. The highest BCUT2D eigenvalue weighted by Gasteiger charge is 2.24. The lowest BCUT2D eigenvalue weighted by atomic mass is 10.1. The van der Waals surface area contributed by atoms with Gasteiger partial charge in [0.25, 0.3) is 0 Å². The fourth-order valence-corrected chi connectivity index (χ4v) is 3.52. The Morgan fingerprint density at radius 2 is 2.07 bits per heavy atom. The molecule has 1 aliphatic heterocycles. The van der Waals surface area contributed by atoms with Crippen molar-refractivity contribution < 1.29 is 4.74 Å². The number of hydrogen-bond acceptors (Lipinski definition) is 4. The first-order valence-electron chi connectivity index (χ1n) is 9.50. The van der Waals surface area contributed by atoms with Crippen LogP contribution in [0.1, 0.15) is 30.1 Å². The van der Waals surface area contributed by atoms with E-state index in [2.05, 4.69) is 43.8 Å². The Bertz CT molecular complexity index is 750. The number of rotatable bonds is 7. The summed E-state index contributed by atoms with van der Waals surface area (Å²) in [6, 6.07) is 10.7. The molecule has 2 aromatic rings. The van der Waals surface area contributed by atoms with Crippen LogP contribution in [0.2, 0.25) is 0 Å².